The number of rotatable bonds is 5. The van der Waals surface area contributed by atoms with E-state index in [-0.39, 0.29) is 6.54 Å². The summed E-state index contributed by atoms with van der Waals surface area (Å²) in [5, 5.41) is 5.34. The van der Waals surface area contributed by atoms with Crippen molar-refractivity contribution in [3.63, 3.8) is 0 Å². The summed E-state index contributed by atoms with van der Waals surface area (Å²) in [6, 6.07) is 12.3. The topological polar surface area (TPSA) is 67.4 Å². The van der Waals surface area contributed by atoms with Crippen molar-refractivity contribution in [3.05, 3.63) is 64.9 Å². The predicted molar refractivity (Wildman–Crippen MR) is 89.2 cm³/mol. The molecule has 0 bridgehead atoms. The molecule has 24 heavy (non-hydrogen) atoms. The van der Waals surface area contributed by atoms with E-state index in [1.807, 2.05) is 0 Å². The molecule has 0 aliphatic heterocycles. The SMILES string of the molecule is COC(CNC(=O)C(=O)Nc1cccc(Cl)c1)c1cccc(F)c1. The van der Waals surface area contributed by atoms with Crippen LogP contribution in [0.25, 0.3) is 0 Å². The van der Waals surface area contributed by atoms with Gasteiger partial charge in [0.25, 0.3) is 0 Å². The lowest BCUT2D eigenvalue weighted by Gasteiger charge is -2.16. The first-order valence-corrected chi connectivity index (χ1v) is 7.50. The van der Waals surface area contributed by atoms with Crippen LogP contribution in [0.15, 0.2) is 48.5 Å². The molecule has 0 radical (unpaired) electrons. The van der Waals surface area contributed by atoms with Crippen LogP contribution < -0.4 is 10.6 Å². The monoisotopic (exact) mass is 350 g/mol. The van der Waals surface area contributed by atoms with Gasteiger partial charge in [0.05, 0.1) is 6.10 Å². The molecule has 0 saturated heterocycles. The van der Waals surface area contributed by atoms with Gasteiger partial charge in [0.2, 0.25) is 0 Å². The van der Waals surface area contributed by atoms with E-state index in [2.05, 4.69) is 10.6 Å². The van der Waals surface area contributed by atoms with E-state index in [0.717, 1.165) is 0 Å². The first-order chi connectivity index (χ1) is 11.5. The van der Waals surface area contributed by atoms with Crippen molar-refractivity contribution < 1.29 is 18.7 Å². The molecule has 0 aromatic heterocycles. The van der Waals surface area contributed by atoms with Gasteiger partial charge >= 0.3 is 11.8 Å². The summed E-state index contributed by atoms with van der Waals surface area (Å²) in [7, 11) is 1.44. The Morgan fingerprint density at radius 1 is 1.17 bits per heavy atom. The maximum Gasteiger partial charge on any atom is 0.313 e. The molecule has 126 valence electrons. The van der Waals surface area contributed by atoms with Crippen LogP contribution in [0.3, 0.4) is 0 Å². The molecule has 1 atom stereocenters. The molecular weight excluding hydrogens is 335 g/mol. The molecule has 2 aromatic carbocycles. The number of hydrogen-bond donors (Lipinski definition) is 2. The van der Waals surface area contributed by atoms with Gasteiger partial charge in [-0.15, -0.1) is 0 Å². The van der Waals surface area contributed by atoms with Gasteiger partial charge in [-0.2, -0.15) is 0 Å². The molecule has 0 fully saturated rings. The molecule has 2 aromatic rings. The van der Waals surface area contributed by atoms with E-state index in [4.69, 9.17) is 16.3 Å². The number of carbonyl (C=O) groups is 2. The zero-order valence-electron chi connectivity index (χ0n) is 12.9. The quantitative estimate of drug-likeness (QED) is 0.815. The minimum absolute atomic E-state index is 0.0295. The molecule has 7 heteroatoms. The number of methoxy groups -OCH3 is 1. The van der Waals surface area contributed by atoms with Crippen molar-refractivity contribution in [2.45, 2.75) is 6.10 Å². The summed E-state index contributed by atoms with van der Waals surface area (Å²) in [5.74, 6) is -2.06. The van der Waals surface area contributed by atoms with E-state index in [9.17, 15) is 14.0 Å². The zero-order valence-corrected chi connectivity index (χ0v) is 13.6. The van der Waals surface area contributed by atoms with Crippen LogP contribution in [0.5, 0.6) is 0 Å². The van der Waals surface area contributed by atoms with Gasteiger partial charge in [0.15, 0.2) is 0 Å². The predicted octanol–water partition coefficient (Wildman–Crippen LogP) is 2.92. The fourth-order valence-electron chi connectivity index (χ4n) is 2.06. The Morgan fingerprint density at radius 3 is 2.58 bits per heavy atom. The lowest BCUT2D eigenvalue weighted by molar-refractivity contribution is -0.136. The molecular formula is C17H16ClFN2O3. The fourth-order valence-corrected chi connectivity index (χ4v) is 2.25. The minimum atomic E-state index is -0.827. The van der Waals surface area contributed by atoms with E-state index in [0.29, 0.717) is 16.3 Å². The molecule has 1 unspecified atom stereocenters. The lowest BCUT2D eigenvalue weighted by atomic mass is 10.1. The molecule has 0 saturated carbocycles. The molecule has 2 N–H and O–H groups in total. The van der Waals surface area contributed by atoms with Crippen molar-refractivity contribution in [2.24, 2.45) is 0 Å². The maximum absolute atomic E-state index is 13.2. The van der Waals surface area contributed by atoms with Crippen LogP contribution in [-0.4, -0.2) is 25.5 Å². The Bertz CT molecular complexity index is 739. The first-order valence-electron chi connectivity index (χ1n) is 7.12. The number of hydrogen-bond acceptors (Lipinski definition) is 3. The average molecular weight is 351 g/mol. The number of amides is 2. The summed E-state index contributed by atoms with van der Waals surface area (Å²) < 4.78 is 18.5. The highest BCUT2D eigenvalue weighted by molar-refractivity contribution is 6.39. The average Bonchev–Trinajstić information content (AvgIpc) is 2.55. The highest BCUT2D eigenvalue weighted by Gasteiger charge is 2.17. The highest BCUT2D eigenvalue weighted by Crippen LogP contribution is 2.17. The summed E-state index contributed by atoms with van der Waals surface area (Å²) in [6.07, 6.45) is -0.566. The third kappa shape index (κ3) is 5.04. The number of nitrogens with one attached hydrogen (secondary N) is 2. The van der Waals surface area contributed by atoms with Gasteiger partial charge < -0.3 is 15.4 Å². The summed E-state index contributed by atoms with van der Waals surface area (Å²) >= 11 is 5.81. The first kappa shape index (κ1) is 17.9. The van der Waals surface area contributed by atoms with Crippen molar-refractivity contribution in [1.29, 1.82) is 0 Å². The highest BCUT2D eigenvalue weighted by atomic mass is 35.5. The molecule has 5 nitrogen and oxygen atoms in total. The number of ether oxygens (including phenoxy) is 1. The number of benzene rings is 2. The maximum atomic E-state index is 13.2. The van der Waals surface area contributed by atoms with Gasteiger partial charge in [-0.05, 0) is 35.9 Å². The van der Waals surface area contributed by atoms with Gasteiger partial charge in [0, 0.05) is 24.4 Å². The van der Waals surface area contributed by atoms with Gasteiger partial charge in [-0.25, -0.2) is 4.39 Å². The van der Waals surface area contributed by atoms with Gasteiger partial charge in [-0.3, -0.25) is 9.59 Å². The molecule has 0 heterocycles. The number of anilines is 1. The van der Waals surface area contributed by atoms with Crippen LogP contribution in [-0.2, 0) is 14.3 Å². The zero-order chi connectivity index (χ0) is 17.5. The Morgan fingerprint density at radius 2 is 1.92 bits per heavy atom. The van der Waals surface area contributed by atoms with Crippen LogP contribution in [0, 0.1) is 5.82 Å². The van der Waals surface area contributed by atoms with E-state index < -0.39 is 23.7 Å². The summed E-state index contributed by atoms with van der Waals surface area (Å²) in [6.45, 7) is 0.0295. The Hall–Kier alpha value is -2.44. The third-order valence-corrected chi connectivity index (χ3v) is 3.48. The Kier molecular flexibility index (Phi) is 6.28. The normalized spacial score (nSPS) is 11.6. The number of carbonyl (C=O) groups excluding carboxylic acids is 2. The van der Waals surface area contributed by atoms with E-state index in [1.54, 1.807) is 30.3 Å². The summed E-state index contributed by atoms with van der Waals surface area (Å²) in [4.78, 5) is 23.7. The van der Waals surface area contributed by atoms with Crippen molar-refractivity contribution in [3.8, 4) is 0 Å². The Balaban J connectivity index is 1.92. The minimum Gasteiger partial charge on any atom is -0.375 e. The number of halogens is 2. The van der Waals surface area contributed by atoms with Crippen LogP contribution in [0.4, 0.5) is 10.1 Å². The van der Waals surface area contributed by atoms with Crippen molar-refractivity contribution in [2.75, 3.05) is 19.0 Å². The molecule has 0 aliphatic rings. The fraction of sp³-hybridized carbons (Fsp3) is 0.176. The van der Waals surface area contributed by atoms with Crippen LogP contribution in [0.2, 0.25) is 5.02 Å². The molecule has 0 aliphatic carbocycles. The molecule has 2 rings (SSSR count). The van der Waals surface area contributed by atoms with E-state index in [1.165, 1.54) is 25.3 Å². The van der Waals surface area contributed by atoms with Crippen LogP contribution >= 0.6 is 11.6 Å². The smallest absolute Gasteiger partial charge is 0.313 e. The summed E-state index contributed by atoms with van der Waals surface area (Å²) in [5.41, 5.74) is 0.976. The second-order valence-corrected chi connectivity index (χ2v) is 5.39. The van der Waals surface area contributed by atoms with Gasteiger partial charge in [0.1, 0.15) is 5.82 Å². The van der Waals surface area contributed by atoms with Crippen molar-refractivity contribution in [1.82, 2.24) is 5.32 Å². The third-order valence-electron chi connectivity index (χ3n) is 3.24. The van der Waals surface area contributed by atoms with Crippen molar-refractivity contribution >= 4 is 29.1 Å². The second-order valence-electron chi connectivity index (χ2n) is 4.95. The molecule has 2 amide bonds. The largest absolute Gasteiger partial charge is 0.375 e. The lowest BCUT2D eigenvalue weighted by Crippen LogP contribution is -2.38. The second kappa shape index (κ2) is 8.42. The van der Waals surface area contributed by atoms with E-state index >= 15 is 0 Å². The Labute approximate surface area is 143 Å². The standard InChI is InChI=1S/C17H16ClFN2O3/c1-24-15(11-4-2-6-13(19)8-11)10-20-16(22)17(23)21-14-7-3-5-12(18)9-14/h2-9,15H,10H2,1H3,(H,20,22)(H,21,23). The molecule has 0 spiro atoms. The van der Waals surface area contributed by atoms with Crippen LogP contribution in [0.1, 0.15) is 11.7 Å². The van der Waals surface area contributed by atoms with Gasteiger partial charge in [-0.1, -0.05) is 29.8 Å².